The van der Waals surface area contributed by atoms with Gasteiger partial charge in [-0.15, -0.1) is 0 Å². The van der Waals surface area contributed by atoms with Gasteiger partial charge >= 0.3 is 6.18 Å². The number of nitrogens with zero attached hydrogens (tertiary/aromatic N) is 4. The lowest BCUT2D eigenvalue weighted by Gasteiger charge is -2.37. The first-order chi connectivity index (χ1) is 16.4. The van der Waals surface area contributed by atoms with Crippen LogP contribution < -0.4 is 10.2 Å². The fourth-order valence-electron chi connectivity index (χ4n) is 4.72. The van der Waals surface area contributed by atoms with E-state index in [0.717, 1.165) is 37.8 Å². The van der Waals surface area contributed by atoms with Crippen LogP contribution in [0.1, 0.15) is 49.3 Å². The van der Waals surface area contributed by atoms with Crippen LogP contribution in [0.5, 0.6) is 0 Å². The lowest BCUT2D eigenvalue weighted by atomic mass is 9.81. The van der Waals surface area contributed by atoms with Crippen LogP contribution in [-0.2, 0) is 10.9 Å². The number of nitriles is 1. The largest absolute Gasteiger partial charge is 0.416 e. The van der Waals surface area contributed by atoms with Gasteiger partial charge in [-0.1, -0.05) is 12.1 Å². The number of nitrogens with one attached hydrogen (secondary N) is 1. The summed E-state index contributed by atoms with van der Waals surface area (Å²) in [4.78, 5) is 9.95. The molecular weight excluding hydrogens is 450 g/mol. The Morgan fingerprint density at radius 3 is 2.47 bits per heavy atom. The Morgan fingerprint density at radius 2 is 1.79 bits per heavy atom. The first-order valence-corrected chi connectivity index (χ1v) is 11.5. The van der Waals surface area contributed by atoms with E-state index in [2.05, 4.69) is 21.4 Å². The Bertz CT molecular complexity index is 1000. The number of rotatable bonds is 6. The van der Waals surface area contributed by atoms with Crippen molar-refractivity contribution in [2.24, 2.45) is 11.8 Å². The number of anilines is 2. The molecule has 1 aliphatic carbocycles. The van der Waals surface area contributed by atoms with Crippen molar-refractivity contribution in [1.82, 2.24) is 9.97 Å². The Morgan fingerprint density at radius 1 is 1.09 bits per heavy atom. The summed E-state index contributed by atoms with van der Waals surface area (Å²) in [6.45, 7) is 1.50. The normalized spacial score (nSPS) is 23.4. The third kappa shape index (κ3) is 5.58. The summed E-state index contributed by atoms with van der Waals surface area (Å²) in [6, 6.07) is 6.61. The molecule has 182 valence electrons. The molecule has 10 heteroatoms. The number of benzene rings is 1. The highest BCUT2D eigenvalue weighted by atomic mass is 19.4. The maximum absolute atomic E-state index is 15.4. The van der Waals surface area contributed by atoms with E-state index < -0.39 is 23.6 Å². The number of hydrogen-bond donors (Lipinski definition) is 1. The van der Waals surface area contributed by atoms with E-state index in [9.17, 15) is 13.2 Å². The van der Waals surface area contributed by atoms with Gasteiger partial charge in [-0.2, -0.15) is 22.8 Å². The van der Waals surface area contributed by atoms with E-state index in [0.29, 0.717) is 43.5 Å². The molecule has 0 amide bonds. The zero-order valence-electron chi connectivity index (χ0n) is 18.7. The zero-order valence-corrected chi connectivity index (χ0v) is 18.7. The van der Waals surface area contributed by atoms with E-state index >= 15 is 4.39 Å². The summed E-state index contributed by atoms with van der Waals surface area (Å²) in [5.41, 5.74) is -0.143. The van der Waals surface area contributed by atoms with Crippen LogP contribution in [0.3, 0.4) is 0 Å². The SMILES string of the molecule is N#CC[C@H]1CC[C@H](CNc2ncnc(N3CCOC[C@@H]3c3ccc(C(F)(F)F)cc3)c2F)CC1. The molecule has 2 aliphatic rings. The molecule has 2 aromatic rings. The van der Waals surface area contributed by atoms with Crippen LogP contribution in [0.4, 0.5) is 29.2 Å². The second kappa shape index (κ2) is 10.6. The molecule has 2 fully saturated rings. The van der Waals surface area contributed by atoms with Gasteiger partial charge in [0.2, 0.25) is 5.82 Å². The van der Waals surface area contributed by atoms with Crippen molar-refractivity contribution in [2.75, 3.05) is 36.5 Å². The maximum Gasteiger partial charge on any atom is 0.416 e. The highest BCUT2D eigenvalue weighted by Crippen LogP contribution is 2.35. The summed E-state index contributed by atoms with van der Waals surface area (Å²) in [6.07, 6.45) is 1.43. The molecule has 1 aliphatic heterocycles. The molecule has 2 heterocycles. The van der Waals surface area contributed by atoms with Crippen LogP contribution in [0, 0.1) is 29.0 Å². The molecular formula is C24H27F4N5O. The van der Waals surface area contributed by atoms with Gasteiger partial charge in [-0.25, -0.2) is 9.97 Å². The maximum atomic E-state index is 15.4. The number of aromatic nitrogens is 2. The fraction of sp³-hybridized carbons (Fsp3) is 0.542. The summed E-state index contributed by atoms with van der Waals surface area (Å²) < 4.78 is 59.8. The first-order valence-electron chi connectivity index (χ1n) is 11.5. The standard InChI is InChI=1S/C24H27F4N5O/c25-21-22(30-13-17-3-1-16(2-4-17)9-10-29)31-15-32-23(21)33-11-12-34-14-20(33)18-5-7-19(8-6-18)24(26,27)28/h5-8,15-17,20H,1-4,9,11-14H2,(H,30,31,32)/t16-,17-,20-/m1/s1. The van der Waals surface area contributed by atoms with Crippen molar-refractivity contribution in [1.29, 1.82) is 5.26 Å². The Hall–Kier alpha value is -2.93. The van der Waals surface area contributed by atoms with Crippen LogP contribution in [0.2, 0.25) is 0 Å². The predicted molar refractivity (Wildman–Crippen MR) is 119 cm³/mol. The van der Waals surface area contributed by atoms with Crippen LogP contribution >= 0.6 is 0 Å². The summed E-state index contributed by atoms with van der Waals surface area (Å²) in [5, 5.41) is 12.0. The Kier molecular flexibility index (Phi) is 7.51. The number of hydrogen-bond acceptors (Lipinski definition) is 6. The van der Waals surface area contributed by atoms with Gasteiger partial charge in [-0.3, -0.25) is 0 Å². The number of alkyl halides is 3. The topological polar surface area (TPSA) is 74.1 Å². The summed E-state index contributed by atoms with van der Waals surface area (Å²) in [7, 11) is 0. The highest BCUT2D eigenvalue weighted by Gasteiger charge is 2.32. The summed E-state index contributed by atoms with van der Waals surface area (Å²) in [5.74, 6) is 0.466. The highest BCUT2D eigenvalue weighted by molar-refractivity contribution is 5.53. The van der Waals surface area contributed by atoms with Crippen LogP contribution in [0.25, 0.3) is 0 Å². The minimum atomic E-state index is -4.42. The van der Waals surface area contributed by atoms with Crippen molar-refractivity contribution in [3.05, 3.63) is 47.5 Å². The van der Waals surface area contributed by atoms with Crippen molar-refractivity contribution in [3.8, 4) is 6.07 Å². The Balaban J connectivity index is 1.46. The molecule has 1 atom stereocenters. The number of morpholine rings is 1. The monoisotopic (exact) mass is 477 g/mol. The number of halogens is 4. The van der Waals surface area contributed by atoms with Gasteiger partial charge in [0, 0.05) is 19.5 Å². The molecule has 4 rings (SSSR count). The average molecular weight is 478 g/mol. The number of ether oxygens (including phenoxy) is 1. The Labute approximate surface area is 196 Å². The molecule has 0 unspecified atom stereocenters. The van der Waals surface area contributed by atoms with Crippen molar-refractivity contribution in [2.45, 2.75) is 44.3 Å². The molecule has 0 spiro atoms. The quantitative estimate of drug-likeness (QED) is 0.566. The van der Waals surface area contributed by atoms with Crippen molar-refractivity contribution >= 4 is 11.6 Å². The first kappa shape index (κ1) is 24.2. The minimum absolute atomic E-state index is 0.100. The van der Waals surface area contributed by atoms with Crippen molar-refractivity contribution in [3.63, 3.8) is 0 Å². The smallest absolute Gasteiger partial charge is 0.377 e. The van der Waals surface area contributed by atoms with Crippen LogP contribution in [-0.4, -0.2) is 36.3 Å². The fourth-order valence-corrected chi connectivity index (χ4v) is 4.72. The molecule has 1 saturated carbocycles. The van der Waals surface area contributed by atoms with E-state index in [1.54, 1.807) is 4.90 Å². The molecule has 1 aromatic carbocycles. The molecule has 1 saturated heterocycles. The molecule has 1 aromatic heterocycles. The van der Waals surface area contributed by atoms with Gasteiger partial charge in [0.1, 0.15) is 6.33 Å². The van der Waals surface area contributed by atoms with Crippen LogP contribution in [0.15, 0.2) is 30.6 Å². The minimum Gasteiger partial charge on any atom is -0.377 e. The van der Waals surface area contributed by atoms with Gasteiger partial charge in [0.25, 0.3) is 0 Å². The third-order valence-corrected chi connectivity index (χ3v) is 6.70. The van der Waals surface area contributed by atoms with Gasteiger partial charge in [-0.05, 0) is 55.2 Å². The van der Waals surface area contributed by atoms with E-state index in [-0.39, 0.29) is 18.2 Å². The molecule has 0 radical (unpaired) electrons. The molecule has 6 nitrogen and oxygen atoms in total. The molecule has 34 heavy (non-hydrogen) atoms. The van der Waals surface area contributed by atoms with E-state index in [1.807, 2.05) is 0 Å². The van der Waals surface area contributed by atoms with Gasteiger partial charge < -0.3 is 15.0 Å². The average Bonchev–Trinajstić information content (AvgIpc) is 2.84. The van der Waals surface area contributed by atoms with E-state index in [1.165, 1.54) is 18.5 Å². The second-order valence-corrected chi connectivity index (χ2v) is 8.89. The molecule has 0 bridgehead atoms. The third-order valence-electron chi connectivity index (χ3n) is 6.70. The lowest BCUT2D eigenvalue weighted by molar-refractivity contribution is -0.137. The predicted octanol–water partition coefficient (Wildman–Crippen LogP) is 5.34. The lowest BCUT2D eigenvalue weighted by Crippen LogP contribution is -2.40. The van der Waals surface area contributed by atoms with Crippen molar-refractivity contribution < 1.29 is 22.3 Å². The van der Waals surface area contributed by atoms with E-state index in [4.69, 9.17) is 10.00 Å². The van der Waals surface area contributed by atoms with Gasteiger partial charge in [0.05, 0.1) is 30.9 Å². The summed E-state index contributed by atoms with van der Waals surface area (Å²) >= 11 is 0. The molecule has 1 N–H and O–H groups in total. The second-order valence-electron chi connectivity index (χ2n) is 8.89. The zero-order chi connectivity index (χ0) is 24.1. The van der Waals surface area contributed by atoms with Gasteiger partial charge in [0.15, 0.2) is 11.6 Å².